The van der Waals surface area contributed by atoms with Crippen LogP contribution in [0, 0.1) is 0 Å². The first-order valence-electron chi connectivity index (χ1n) is 9.59. The molecule has 0 spiro atoms. The smallest absolute Gasteiger partial charge is 0.328 e. The maximum atomic E-state index is 12.7. The summed E-state index contributed by atoms with van der Waals surface area (Å²) in [6.45, 7) is 4.43. The molecule has 0 bridgehead atoms. The zero-order valence-electron chi connectivity index (χ0n) is 16.2. The number of piperazine rings is 1. The lowest BCUT2D eigenvalue weighted by Crippen LogP contribution is -2.48. The van der Waals surface area contributed by atoms with Gasteiger partial charge >= 0.3 is 5.69 Å². The molecule has 1 saturated heterocycles. The number of benzene rings is 2. The van der Waals surface area contributed by atoms with Crippen LogP contribution in [-0.4, -0.2) is 54.3 Å². The zero-order valence-corrected chi connectivity index (χ0v) is 17.0. The molecule has 0 radical (unpaired) electrons. The number of halogens is 1. The highest BCUT2D eigenvalue weighted by Crippen LogP contribution is 2.28. The average molecular weight is 415 g/mol. The van der Waals surface area contributed by atoms with E-state index < -0.39 is 5.69 Å². The Morgan fingerprint density at radius 1 is 1.03 bits per heavy atom. The van der Waals surface area contributed by atoms with Crippen molar-refractivity contribution in [3.05, 3.63) is 68.3 Å². The minimum atomic E-state index is -0.405. The number of H-pyrrole nitrogens is 1. The Hall–Kier alpha value is -2.77. The summed E-state index contributed by atoms with van der Waals surface area (Å²) in [5, 5.41) is 0.952. The van der Waals surface area contributed by atoms with Gasteiger partial charge in [0.25, 0.3) is 5.56 Å². The van der Waals surface area contributed by atoms with Crippen molar-refractivity contribution in [1.29, 1.82) is 0 Å². The molecule has 29 heavy (non-hydrogen) atoms. The van der Waals surface area contributed by atoms with Gasteiger partial charge in [-0.15, -0.1) is 0 Å². The number of aromatic nitrogens is 2. The summed E-state index contributed by atoms with van der Waals surface area (Å²) in [5.74, 6) is 0.871. The second-order valence-electron chi connectivity index (χ2n) is 7.08. The van der Waals surface area contributed by atoms with Gasteiger partial charge in [0.1, 0.15) is 5.75 Å². The number of rotatable bonds is 5. The highest BCUT2D eigenvalue weighted by molar-refractivity contribution is 6.31. The molecule has 1 aliphatic heterocycles. The molecular weight excluding hydrogens is 392 g/mol. The first-order chi connectivity index (χ1) is 14.1. The normalized spacial score (nSPS) is 15.0. The van der Waals surface area contributed by atoms with Crippen LogP contribution in [0.15, 0.2) is 52.1 Å². The van der Waals surface area contributed by atoms with Gasteiger partial charge in [0.15, 0.2) is 0 Å². The first kappa shape index (κ1) is 19.5. The molecule has 7 nitrogen and oxygen atoms in total. The highest BCUT2D eigenvalue weighted by Gasteiger charge is 2.20. The molecule has 2 heterocycles. The first-order valence-corrected chi connectivity index (χ1v) is 9.97. The lowest BCUT2D eigenvalue weighted by Gasteiger charge is -2.36. The van der Waals surface area contributed by atoms with Crippen LogP contribution in [0.25, 0.3) is 10.9 Å². The molecule has 8 heteroatoms. The van der Waals surface area contributed by atoms with Crippen LogP contribution in [-0.2, 0) is 6.54 Å². The van der Waals surface area contributed by atoms with Gasteiger partial charge in [-0.05, 0) is 30.3 Å². The van der Waals surface area contributed by atoms with E-state index in [0.29, 0.717) is 29.0 Å². The van der Waals surface area contributed by atoms with E-state index >= 15 is 0 Å². The molecule has 1 fully saturated rings. The predicted molar refractivity (Wildman–Crippen MR) is 115 cm³/mol. The Morgan fingerprint density at radius 3 is 2.55 bits per heavy atom. The molecule has 1 aliphatic rings. The second kappa shape index (κ2) is 8.31. The maximum Gasteiger partial charge on any atom is 0.328 e. The van der Waals surface area contributed by atoms with Crippen molar-refractivity contribution >= 4 is 28.2 Å². The lowest BCUT2D eigenvalue weighted by molar-refractivity contribution is 0.245. The van der Waals surface area contributed by atoms with Gasteiger partial charge in [-0.25, -0.2) is 4.79 Å². The minimum absolute atomic E-state index is 0.284. The molecule has 2 aromatic carbocycles. The molecule has 3 aromatic rings. The van der Waals surface area contributed by atoms with Gasteiger partial charge in [0, 0.05) is 44.3 Å². The topological polar surface area (TPSA) is 70.6 Å². The van der Waals surface area contributed by atoms with E-state index in [1.54, 1.807) is 25.3 Å². The number of para-hydroxylation sites is 2. The molecule has 4 rings (SSSR count). The highest BCUT2D eigenvalue weighted by atomic mass is 35.5. The van der Waals surface area contributed by atoms with Crippen molar-refractivity contribution in [2.24, 2.45) is 0 Å². The third-order valence-corrected chi connectivity index (χ3v) is 5.62. The number of ether oxygens (including phenoxy) is 1. The van der Waals surface area contributed by atoms with Crippen LogP contribution >= 0.6 is 11.6 Å². The van der Waals surface area contributed by atoms with Gasteiger partial charge < -0.3 is 14.6 Å². The number of nitrogens with zero attached hydrogens (tertiary/aromatic N) is 3. The number of fused-ring (bicyclic) bond motifs is 1. The third-order valence-electron chi connectivity index (χ3n) is 5.38. The van der Waals surface area contributed by atoms with Crippen LogP contribution in [0.3, 0.4) is 0 Å². The Kier molecular flexibility index (Phi) is 5.60. The van der Waals surface area contributed by atoms with Crippen LogP contribution in [0.2, 0.25) is 5.02 Å². The van der Waals surface area contributed by atoms with Crippen molar-refractivity contribution in [2.45, 2.75) is 6.54 Å². The lowest BCUT2D eigenvalue weighted by atomic mass is 10.2. The second-order valence-corrected chi connectivity index (χ2v) is 7.51. The van der Waals surface area contributed by atoms with Crippen LogP contribution in [0.1, 0.15) is 0 Å². The number of aromatic amines is 1. The zero-order chi connectivity index (χ0) is 20.4. The predicted octanol–water partition coefficient (Wildman–Crippen LogP) is 2.17. The molecule has 0 aliphatic carbocycles. The molecule has 0 amide bonds. The summed E-state index contributed by atoms with van der Waals surface area (Å²) < 4.78 is 6.73. The summed E-state index contributed by atoms with van der Waals surface area (Å²) >= 11 is 5.95. The van der Waals surface area contributed by atoms with Crippen molar-refractivity contribution in [1.82, 2.24) is 14.5 Å². The van der Waals surface area contributed by atoms with Gasteiger partial charge in [-0.2, -0.15) is 0 Å². The standard InChI is InChI=1S/C21H23ClN4O3/c1-29-19-5-3-2-4-18(19)25-11-8-24(9-12-25)10-13-26-20(27)16-7-6-15(22)14-17(16)23-21(26)28/h2-7,14H,8-13H2,1H3,(H,23,28). The van der Waals surface area contributed by atoms with E-state index in [1.807, 2.05) is 18.2 Å². The SMILES string of the molecule is COc1ccccc1N1CCN(CCn2c(=O)[nH]c3cc(Cl)ccc3c2=O)CC1. The fourth-order valence-electron chi connectivity index (χ4n) is 3.77. The van der Waals surface area contributed by atoms with Gasteiger partial charge in [0.05, 0.1) is 23.7 Å². The molecule has 0 atom stereocenters. The van der Waals surface area contributed by atoms with Crippen LogP contribution in [0.5, 0.6) is 5.75 Å². The van der Waals surface area contributed by atoms with E-state index in [0.717, 1.165) is 37.6 Å². The van der Waals surface area contributed by atoms with Crippen LogP contribution < -0.4 is 20.9 Å². The third kappa shape index (κ3) is 4.02. The van der Waals surface area contributed by atoms with Crippen molar-refractivity contribution < 1.29 is 4.74 Å². The maximum absolute atomic E-state index is 12.7. The van der Waals surface area contributed by atoms with Gasteiger partial charge in [-0.3, -0.25) is 14.3 Å². The van der Waals surface area contributed by atoms with Crippen molar-refractivity contribution in [3.8, 4) is 5.75 Å². The number of anilines is 1. The molecule has 0 unspecified atom stereocenters. The van der Waals surface area contributed by atoms with Crippen LogP contribution in [0.4, 0.5) is 5.69 Å². The Morgan fingerprint density at radius 2 is 1.79 bits per heavy atom. The van der Waals surface area contributed by atoms with Gasteiger partial charge in [0.2, 0.25) is 0 Å². The van der Waals surface area contributed by atoms with Crippen molar-refractivity contribution in [2.75, 3.05) is 44.7 Å². The molecule has 0 saturated carbocycles. The summed E-state index contributed by atoms with van der Waals surface area (Å²) in [6.07, 6.45) is 0. The summed E-state index contributed by atoms with van der Waals surface area (Å²) in [5.41, 5.74) is 0.871. The quantitative estimate of drug-likeness (QED) is 0.693. The number of hydrogen-bond acceptors (Lipinski definition) is 5. The Labute approximate surface area is 173 Å². The van der Waals surface area contributed by atoms with Crippen molar-refractivity contribution in [3.63, 3.8) is 0 Å². The van der Waals surface area contributed by atoms with E-state index in [-0.39, 0.29) is 5.56 Å². The van der Waals surface area contributed by atoms with Gasteiger partial charge in [-0.1, -0.05) is 23.7 Å². The number of nitrogens with one attached hydrogen (secondary N) is 1. The minimum Gasteiger partial charge on any atom is -0.495 e. The summed E-state index contributed by atoms with van der Waals surface area (Å²) in [4.78, 5) is 32.4. The summed E-state index contributed by atoms with van der Waals surface area (Å²) in [7, 11) is 1.68. The summed E-state index contributed by atoms with van der Waals surface area (Å²) in [6, 6.07) is 12.9. The fourth-order valence-corrected chi connectivity index (χ4v) is 3.95. The number of methoxy groups -OCH3 is 1. The average Bonchev–Trinajstić information content (AvgIpc) is 2.73. The fraction of sp³-hybridized carbons (Fsp3) is 0.333. The molecular formula is C21H23ClN4O3. The van der Waals surface area contributed by atoms with E-state index in [1.165, 1.54) is 4.57 Å². The Balaban J connectivity index is 1.43. The molecule has 1 aromatic heterocycles. The van der Waals surface area contributed by atoms with E-state index in [4.69, 9.17) is 16.3 Å². The molecule has 152 valence electrons. The molecule has 1 N–H and O–H groups in total. The van der Waals surface area contributed by atoms with E-state index in [9.17, 15) is 9.59 Å². The Bertz CT molecular complexity index is 1130. The largest absolute Gasteiger partial charge is 0.495 e. The van der Waals surface area contributed by atoms with E-state index in [2.05, 4.69) is 20.9 Å². The number of hydrogen-bond donors (Lipinski definition) is 1. The monoisotopic (exact) mass is 414 g/mol.